The molecule has 1 saturated heterocycles. The van der Waals surface area contributed by atoms with Gasteiger partial charge in [0.15, 0.2) is 0 Å². The van der Waals surface area contributed by atoms with Gasteiger partial charge in [0, 0.05) is 43.3 Å². The van der Waals surface area contributed by atoms with Crippen molar-refractivity contribution >= 4 is 10.9 Å². The van der Waals surface area contributed by atoms with Gasteiger partial charge in [-0.2, -0.15) is 0 Å². The molecule has 3 aromatic rings. The summed E-state index contributed by atoms with van der Waals surface area (Å²) in [7, 11) is 0. The third-order valence-corrected chi connectivity index (χ3v) is 5.02. The summed E-state index contributed by atoms with van der Waals surface area (Å²) in [5.74, 6) is 0. The maximum absolute atomic E-state index is 5.71. The van der Waals surface area contributed by atoms with Crippen LogP contribution < -0.4 is 5.32 Å². The predicted octanol–water partition coefficient (Wildman–Crippen LogP) is 4.27. The van der Waals surface area contributed by atoms with Gasteiger partial charge in [0.25, 0.3) is 0 Å². The van der Waals surface area contributed by atoms with E-state index < -0.39 is 0 Å². The van der Waals surface area contributed by atoms with Crippen molar-refractivity contribution in [3.8, 4) is 0 Å². The molecule has 1 aromatic heterocycles. The smallest absolute Gasteiger partial charge is 0.0700 e. The molecule has 1 aliphatic heterocycles. The van der Waals surface area contributed by atoms with Crippen LogP contribution in [-0.2, 0) is 17.8 Å². The molecule has 0 unspecified atom stereocenters. The molecule has 1 fully saturated rings. The Morgan fingerprint density at radius 3 is 2.92 bits per heavy atom. The van der Waals surface area contributed by atoms with Crippen LogP contribution in [0.4, 0.5) is 0 Å². The lowest BCUT2D eigenvalue weighted by Gasteiger charge is -2.10. The molecule has 130 valence electrons. The van der Waals surface area contributed by atoms with Crippen molar-refractivity contribution in [3.63, 3.8) is 0 Å². The highest BCUT2D eigenvalue weighted by molar-refractivity contribution is 5.84. The maximum Gasteiger partial charge on any atom is 0.0700 e. The number of hydrogen-bond donors (Lipinski definition) is 1. The minimum atomic E-state index is 0.389. The number of ether oxygens (including phenoxy) is 1. The van der Waals surface area contributed by atoms with E-state index in [2.05, 4.69) is 71.5 Å². The van der Waals surface area contributed by atoms with Gasteiger partial charge in [0.1, 0.15) is 0 Å². The Morgan fingerprint density at radius 2 is 2.08 bits per heavy atom. The summed E-state index contributed by atoms with van der Waals surface area (Å²) in [6.07, 6.45) is 5.07. The van der Waals surface area contributed by atoms with Crippen LogP contribution in [0, 0.1) is 6.92 Å². The van der Waals surface area contributed by atoms with Crippen LogP contribution >= 0.6 is 0 Å². The number of aryl methyl sites for hydroxylation is 1. The van der Waals surface area contributed by atoms with Crippen molar-refractivity contribution in [2.75, 3.05) is 13.2 Å². The van der Waals surface area contributed by atoms with E-state index in [0.717, 1.165) is 26.2 Å². The Morgan fingerprint density at radius 1 is 1.16 bits per heavy atom. The van der Waals surface area contributed by atoms with Crippen LogP contribution in [0.25, 0.3) is 10.9 Å². The zero-order chi connectivity index (χ0) is 17.1. The molecule has 0 aliphatic carbocycles. The summed E-state index contributed by atoms with van der Waals surface area (Å²) in [6, 6.07) is 17.5. The summed E-state index contributed by atoms with van der Waals surface area (Å²) < 4.78 is 8.07. The highest BCUT2D eigenvalue weighted by atomic mass is 16.5. The highest BCUT2D eigenvalue weighted by Gasteiger charge is 2.15. The average molecular weight is 334 g/mol. The fraction of sp³-hybridized carbons (Fsp3) is 0.364. The topological polar surface area (TPSA) is 26.2 Å². The van der Waals surface area contributed by atoms with Crippen molar-refractivity contribution < 1.29 is 4.74 Å². The van der Waals surface area contributed by atoms with Crippen LogP contribution in [-0.4, -0.2) is 23.8 Å². The first-order valence-corrected chi connectivity index (χ1v) is 9.24. The Kier molecular flexibility index (Phi) is 4.86. The molecule has 1 aliphatic rings. The fourth-order valence-electron chi connectivity index (χ4n) is 3.77. The molecule has 2 aromatic carbocycles. The van der Waals surface area contributed by atoms with E-state index in [4.69, 9.17) is 4.74 Å². The number of nitrogens with one attached hydrogen (secondary N) is 1. The van der Waals surface area contributed by atoms with Crippen molar-refractivity contribution in [1.29, 1.82) is 0 Å². The third-order valence-electron chi connectivity index (χ3n) is 5.02. The number of aromatic nitrogens is 1. The number of para-hydroxylation sites is 1. The number of fused-ring (bicyclic) bond motifs is 1. The van der Waals surface area contributed by atoms with E-state index >= 15 is 0 Å². The highest BCUT2D eigenvalue weighted by Crippen LogP contribution is 2.23. The molecule has 25 heavy (non-hydrogen) atoms. The van der Waals surface area contributed by atoms with Gasteiger partial charge in [0.2, 0.25) is 0 Å². The maximum atomic E-state index is 5.71. The lowest BCUT2D eigenvalue weighted by Crippen LogP contribution is -2.25. The van der Waals surface area contributed by atoms with Gasteiger partial charge in [-0.15, -0.1) is 0 Å². The SMILES string of the molecule is Cc1cccc(Cn2cc(CNC[C@H]3CCCO3)c3ccccc32)c1. The molecule has 3 nitrogen and oxygen atoms in total. The first-order chi connectivity index (χ1) is 12.3. The molecular weight excluding hydrogens is 308 g/mol. The summed E-state index contributed by atoms with van der Waals surface area (Å²) in [6.45, 7) is 5.81. The first-order valence-electron chi connectivity index (χ1n) is 9.24. The molecule has 0 saturated carbocycles. The van der Waals surface area contributed by atoms with Gasteiger partial charge in [-0.1, -0.05) is 48.0 Å². The van der Waals surface area contributed by atoms with E-state index in [9.17, 15) is 0 Å². The zero-order valence-electron chi connectivity index (χ0n) is 14.9. The summed E-state index contributed by atoms with van der Waals surface area (Å²) in [5, 5.41) is 4.93. The van der Waals surface area contributed by atoms with Crippen LogP contribution in [0.1, 0.15) is 29.5 Å². The molecule has 0 bridgehead atoms. The first kappa shape index (κ1) is 16.4. The molecule has 0 spiro atoms. The van der Waals surface area contributed by atoms with Crippen molar-refractivity contribution in [2.24, 2.45) is 0 Å². The Labute approximate surface area is 149 Å². The van der Waals surface area contributed by atoms with Gasteiger partial charge in [-0.3, -0.25) is 0 Å². The van der Waals surface area contributed by atoms with Crippen molar-refractivity contribution in [2.45, 2.75) is 39.0 Å². The molecular formula is C22H26N2O. The molecule has 0 amide bonds. The van der Waals surface area contributed by atoms with Gasteiger partial charge in [-0.25, -0.2) is 0 Å². The molecule has 3 heteroatoms. The Bertz CT molecular complexity index is 846. The van der Waals surface area contributed by atoms with Crippen molar-refractivity contribution in [3.05, 3.63) is 71.4 Å². The lowest BCUT2D eigenvalue weighted by molar-refractivity contribution is 0.110. The number of hydrogen-bond acceptors (Lipinski definition) is 2. The minimum absolute atomic E-state index is 0.389. The van der Waals surface area contributed by atoms with Gasteiger partial charge in [-0.05, 0) is 37.0 Å². The van der Waals surface area contributed by atoms with Crippen molar-refractivity contribution in [1.82, 2.24) is 9.88 Å². The fourth-order valence-corrected chi connectivity index (χ4v) is 3.77. The van der Waals surface area contributed by atoms with Gasteiger partial charge < -0.3 is 14.6 Å². The number of benzene rings is 2. The molecule has 1 atom stereocenters. The van der Waals surface area contributed by atoms with Gasteiger partial charge in [0.05, 0.1) is 6.10 Å². The third kappa shape index (κ3) is 3.78. The second-order valence-corrected chi connectivity index (χ2v) is 7.05. The largest absolute Gasteiger partial charge is 0.377 e. The van der Waals surface area contributed by atoms with Crippen LogP contribution in [0.5, 0.6) is 0 Å². The second-order valence-electron chi connectivity index (χ2n) is 7.05. The standard InChI is InChI=1S/C22H26N2O/c1-17-6-4-7-18(12-17)15-24-16-19(21-9-2-3-10-22(21)24)13-23-14-20-8-5-11-25-20/h2-4,6-7,9-10,12,16,20,23H,5,8,11,13-15H2,1H3/t20-/m1/s1. The summed E-state index contributed by atoms with van der Waals surface area (Å²) in [5.41, 5.74) is 5.33. The monoisotopic (exact) mass is 334 g/mol. The summed E-state index contributed by atoms with van der Waals surface area (Å²) in [4.78, 5) is 0. The second kappa shape index (κ2) is 7.42. The summed E-state index contributed by atoms with van der Waals surface area (Å²) >= 11 is 0. The molecule has 1 N–H and O–H groups in total. The van der Waals surface area contributed by atoms with E-state index in [-0.39, 0.29) is 0 Å². The van der Waals surface area contributed by atoms with E-state index in [1.165, 1.54) is 40.4 Å². The normalized spacial score (nSPS) is 17.4. The van der Waals surface area contributed by atoms with Crippen LogP contribution in [0.3, 0.4) is 0 Å². The van der Waals surface area contributed by atoms with E-state index in [0.29, 0.717) is 6.10 Å². The van der Waals surface area contributed by atoms with E-state index in [1.807, 2.05) is 0 Å². The van der Waals surface area contributed by atoms with E-state index in [1.54, 1.807) is 0 Å². The average Bonchev–Trinajstić information content (AvgIpc) is 3.24. The Hall–Kier alpha value is -2.10. The number of nitrogens with zero attached hydrogens (tertiary/aromatic N) is 1. The zero-order valence-corrected chi connectivity index (χ0v) is 14.9. The number of rotatable bonds is 6. The van der Waals surface area contributed by atoms with Crippen LogP contribution in [0.15, 0.2) is 54.7 Å². The molecule has 4 rings (SSSR count). The molecule has 0 radical (unpaired) electrons. The predicted molar refractivity (Wildman–Crippen MR) is 103 cm³/mol. The van der Waals surface area contributed by atoms with Gasteiger partial charge >= 0.3 is 0 Å². The quantitative estimate of drug-likeness (QED) is 0.729. The molecule has 2 heterocycles. The lowest BCUT2D eigenvalue weighted by atomic mass is 10.1. The Balaban J connectivity index is 1.53. The minimum Gasteiger partial charge on any atom is -0.377 e. The van der Waals surface area contributed by atoms with Crippen LogP contribution in [0.2, 0.25) is 0 Å².